The van der Waals surface area contributed by atoms with E-state index in [0.29, 0.717) is 30.3 Å². The zero-order chi connectivity index (χ0) is 20.1. The number of carbonyl (C=O) groups excluding carboxylic acids is 2. The molecule has 0 spiro atoms. The van der Waals surface area contributed by atoms with Crippen molar-refractivity contribution in [3.63, 3.8) is 0 Å². The van der Waals surface area contributed by atoms with Crippen LogP contribution in [0.25, 0.3) is 0 Å². The van der Waals surface area contributed by atoms with Gasteiger partial charge in [-0.15, -0.1) is 0 Å². The lowest BCUT2D eigenvalue weighted by Crippen LogP contribution is -2.28. The van der Waals surface area contributed by atoms with E-state index in [1.165, 1.54) is 7.11 Å². The highest BCUT2D eigenvalue weighted by Gasteiger charge is 2.35. The second-order valence-electron chi connectivity index (χ2n) is 6.54. The highest BCUT2D eigenvalue weighted by Crippen LogP contribution is 2.31. The van der Waals surface area contributed by atoms with Gasteiger partial charge in [0.2, 0.25) is 11.8 Å². The predicted octanol–water partition coefficient (Wildman–Crippen LogP) is 2.70. The zero-order valence-corrected chi connectivity index (χ0v) is 16.2. The van der Waals surface area contributed by atoms with Crippen LogP contribution >= 0.6 is 0 Å². The lowest BCUT2D eigenvalue weighted by molar-refractivity contribution is -0.128. The average molecular weight is 384 g/mol. The van der Waals surface area contributed by atoms with Crippen LogP contribution in [0, 0.1) is 5.92 Å². The minimum absolute atomic E-state index is 0.0522. The van der Waals surface area contributed by atoms with Gasteiger partial charge in [-0.1, -0.05) is 18.2 Å². The molecule has 0 aliphatic carbocycles. The van der Waals surface area contributed by atoms with E-state index in [4.69, 9.17) is 14.2 Å². The summed E-state index contributed by atoms with van der Waals surface area (Å²) in [7, 11) is 4.69. The third-order valence-electron chi connectivity index (χ3n) is 4.80. The lowest BCUT2D eigenvalue weighted by atomic mass is 10.1. The molecule has 28 heavy (non-hydrogen) atoms. The molecule has 2 aromatic carbocycles. The molecule has 1 N–H and O–H groups in total. The van der Waals surface area contributed by atoms with Crippen LogP contribution in [0.3, 0.4) is 0 Å². The first-order valence-corrected chi connectivity index (χ1v) is 8.98. The van der Waals surface area contributed by atoms with Crippen LogP contribution in [0.5, 0.6) is 17.2 Å². The first-order chi connectivity index (χ1) is 13.5. The molecule has 3 rings (SSSR count). The number of hydrogen-bond donors (Lipinski definition) is 1. The minimum Gasteiger partial charge on any atom is -0.497 e. The minimum atomic E-state index is -0.432. The molecule has 0 bridgehead atoms. The largest absolute Gasteiger partial charge is 0.497 e. The highest BCUT2D eigenvalue weighted by molar-refractivity contribution is 5.98. The Labute approximate surface area is 164 Å². The first kappa shape index (κ1) is 19.5. The fourth-order valence-corrected chi connectivity index (χ4v) is 3.29. The van der Waals surface area contributed by atoms with Gasteiger partial charge in [-0.3, -0.25) is 9.59 Å². The number of nitrogens with zero attached hydrogens (tertiary/aromatic N) is 1. The van der Waals surface area contributed by atoms with E-state index in [2.05, 4.69) is 5.32 Å². The van der Waals surface area contributed by atoms with Crippen molar-refractivity contribution in [2.75, 3.05) is 33.2 Å². The van der Waals surface area contributed by atoms with E-state index >= 15 is 0 Å². The molecular weight excluding hydrogens is 360 g/mol. The van der Waals surface area contributed by atoms with Crippen molar-refractivity contribution in [1.82, 2.24) is 4.90 Å². The van der Waals surface area contributed by atoms with Gasteiger partial charge in [-0.05, 0) is 18.2 Å². The second-order valence-corrected chi connectivity index (χ2v) is 6.54. The molecule has 7 heteroatoms. The Bertz CT molecular complexity index is 868. The van der Waals surface area contributed by atoms with Crippen molar-refractivity contribution < 1.29 is 23.8 Å². The van der Waals surface area contributed by atoms with Crippen LogP contribution < -0.4 is 19.5 Å². The summed E-state index contributed by atoms with van der Waals surface area (Å²) in [5, 5.41) is 2.86. The van der Waals surface area contributed by atoms with Crippen LogP contribution in [-0.4, -0.2) is 44.6 Å². The molecule has 0 saturated carbocycles. The van der Waals surface area contributed by atoms with Crippen molar-refractivity contribution in [3.8, 4) is 17.2 Å². The van der Waals surface area contributed by atoms with Crippen molar-refractivity contribution in [3.05, 3.63) is 48.0 Å². The predicted molar refractivity (Wildman–Crippen MR) is 105 cm³/mol. The molecule has 7 nitrogen and oxygen atoms in total. The quantitative estimate of drug-likeness (QED) is 0.794. The number of benzene rings is 2. The first-order valence-electron chi connectivity index (χ1n) is 8.98. The van der Waals surface area contributed by atoms with Gasteiger partial charge in [0.05, 0.1) is 32.9 Å². The molecule has 1 aliphatic rings. The van der Waals surface area contributed by atoms with Crippen LogP contribution in [0.1, 0.15) is 12.0 Å². The van der Waals surface area contributed by atoms with E-state index in [1.807, 2.05) is 24.3 Å². The molecule has 1 atom stereocenters. The Morgan fingerprint density at radius 1 is 1.07 bits per heavy atom. The maximum Gasteiger partial charge on any atom is 0.229 e. The fraction of sp³-hybridized carbons (Fsp3) is 0.333. The number of para-hydroxylation sites is 1. The summed E-state index contributed by atoms with van der Waals surface area (Å²) in [6, 6.07) is 12.7. The lowest BCUT2D eigenvalue weighted by Gasteiger charge is -2.18. The topological polar surface area (TPSA) is 77.1 Å². The molecule has 1 unspecified atom stereocenters. The fourth-order valence-electron chi connectivity index (χ4n) is 3.29. The molecular formula is C21H24N2O5. The second kappa shape index (κ2) is 8.65. The van der Waals surface area contributed by atoms with Gasteiger partial charge < -0.3 is 24.4 Å². The molecule has 1 heterocycles. The van der Waals surface area contributed by atoms with E-state index in [-0.39, 0.29) is 18.2 Å². The summed E-state index contributed by atoms with van der Waals surface area (Å²) >= 11 is 0. The molecule has 2 amide bonds. The number of amides is 2. The smallest absolute Gasteiger partial charge is 0.229 e. The number of rotatable bonds is 7. The molecule has 1 fully saturated rings. The zero-order valence-electron chi connectivity index (χ0n) is 16.2. The van der Waals surface area contributed by atoms with Crippen molar-refractivity contribution in [2.45, 2.75) is 13.0 Å². The Morgan fingerprint density at radius 2 is 1.82 bits per heavy atom. The molecule has 2 aromatic rings. The third kappa shape index (κ3) is 4.19. The van der Waals surface area contributed by atoms with Crippen LogP contribution in [0.4, 0.5) is 5.69 Å². The Morgan fingerprint density at radius 3 is 2.54 bits per heavy atom. The molecule has 1 aliphatic heterocycles. The molecule has 0 aromatic heterocycles. The number of nitrogens with one attached hydrogen (secondary N) is 1. The van der Waals surface area contributed by atoms with Crippen molar-refractivity contribution >= 4 is 17.5 Å². The van der Waals surface area contributed by atoms with E-state index < -0.39 is 5.92 Å². The van der Waals surface area contributed by atoms with Gasteiger partial charge in [0.25, 0.3) is 0 Å². The highest BCUT2D eigenvalue weighted by atomic mass is 16.5. The summed E-state index contributed by atoms with van der Waals surface area (Å²) < 4.78 is 15.8. The van der Waals surface area contributed by atoms with Gasteiger partial charge >= 0.3 is 0 Å². The number of hydrogen-bond acceptors (Lipinski definition) is 5. The van der Waals surface area contributed by atoms with Crippen molar-refractivity contribution in [1.29, 1.82) is 0 Å². The van der Waals surface area contributed by atoms with Gasteiger partial charge in [-0.2, -0.15) is 0 Å². The van der Waals surface area contributed by atoms with Gasteiger partial charge in [0.1, 0.15) is 17.2 Å². The van der Waals surface area contributed by atoms with E-state index in [1.54, 1.807) is 37.3 Å². The van der Waals surface area contributed by atoms with Gasteiger partial charge in [0, 0.05) is 31.1 Å². The number of likely N-dealkylation sites (tertiary alicyclic amines) is 1. The number of ether oxygens (including phenoxy) is 3. The number of anilines is 1. The van der Waals surface area contributed by atoms with Crippen LogP contribution in [-0.2, 0) is 16.1 Å². The molecule has 148 valence electrons. The number of carbonyl (C=O) groups is 2. The van der Waals surface area contributed by atoms with Crippen LogP contribution in [0.2, 0.25) is 0 Å². The summed E-state index contributed by atoms with van der Waals surface area (Å²) in [6.45, 7) is 0.768. The van der Waals surface area contributed by atoms with Crippen LogP contribution in [0.15, 0.2) is 42.5 Å². The van der Waals surface area contributed by atoms with E-state index in [9.17, 15) is 9.59 Å². The Kier molecular flexibility index (Phi) is 6.03. The van der Waals surface area contributed by atoms with Gasteiger partial charge in [0.15, 0.2) is 0 Å². The normalized spacial score (nSPS) is 16.0. The SMILES string of the molecule is COc1ccc(OC)c(NC(=O)C2CC(=O)N(Cc3ccccc3OC)C2)c1. The standard InChI is InChI=1S/C21H24N2O5/c1-26-16-8-9-19(28-3)17(11-16)22-21(25)15-10-20(24)23(13-15)12-14-6-4-5-7-18(14)27-2/h4-9,11,15H,10,12-13H2,1-3H3,(H,22,25). The molecule has 0 radical (unpaired) electrons. The van der Waals surface area contributed by atoms with Gasteiger partial charge in [-0.25, -0.2) is 0 Å². The summed E-state index contributed by atoms with van der Waals surface area (Å²) in [4.78, 5) is 26.9. The maximum atomic E-state index is 12.7. The third-order valence-corrected chi connectivity index (χ3v) is 4.80. The molecule has 1 saturated heterocycles. The maximum absolute atomic E-state index is 12.7. The van der Waals surface area contributed by atoms with E-state index in [0.717, 1.165) is 11.3 Å². The number of methoxy groups -OCH3 is 3. The van der Waals surface area contributed by atoms with Crippen molar-refractivity contribution in [2.24, 2.45) is 5.92 Å². The monoisotopic (exact) mass is 384 g/mol. The summed E-state index contributed by atoms with van der Waals surface area (Å²) in [5.41, 5.74) is 1.43. The summed E-state index contributed by atoms with van der Waals surface area (Å²) in [5.74, 6) is 1.16. The Balaban J connectivity index is 1.69. The average Bonchev–Trinajstić information content (AvgIpc) is 3.08. The Hall–Kier alpha value is -3.22. The summed E-state index contributed by atoms with van der Waals surface area (Å²) in [6.07, 6.45) is 0.174.